The maximum atomic E-state index is 13.5. The summed E-state index contributed by atoms with van der Waals surface area (Å²) in [5.41, 5.74) is 4.67. The number of benzene rings is 1. The molecule has 5 rings (SSSR count). The summed E-state index contributed by atoms with van der Waals surface area (Å²) in [4.78, 5) is 29.4. The van der Waals surface area contributed by atoms with Crippen LogP contribution in [0.3, 0.4) is 0 Å². The molecule has 0 spiro atoms. The van der Waals surface area contributed by atoms with Crippen molar-refractivity contribution in [3.63, 3.8) is 0 Å². The number of phenols is 1. The molecule has 4 atom stereocenters. The van der Waals surface area contributed by atoms with Crippen LogP contribution in [0.4, 0.5) is 0 Å². The molecule has 5 nitrogen and oxygen atoms in total. The van der Waals surface area contributed by atoms with Gasteiger partial charge in [0.2, 0.25) is 11.8 Å². The second-order valence-corrected chi connectivity index (χ2v) is 11.6. The Morgan fingerprint density at radius 1 is 1.25 bits per heavy atom. The number of aromatic hydroxyl groups is 1. The molecule has 0 bridgehead atoms. The monoisotopic (exact) mass is 525 g/mol. The summed E-state index contributed by atoms with van der Waals surface area (Å²) in [7, 11) is 0. The Morgan fingerprint density at radius 2 is 2.08 bits per heavy atom. The number of ether oxygens (including phenoxy) is 1. The van der Waals surface area contributed by atoms with Gasteiger partial charge in [-0.1, -0.05) is 48.2 Å². The lowest BCUT2D eigenvalue weighted by atomic mass is 9.68. The van der Waals surface area contributed by atoms with E-state index in [0.29, 0.717) is 24.6 Å². The molecule has 2 aromatic rings. The van der Waals surface area contributed by atoms with Crippen molar-refractivity contribution in [1.29, 1.82) is 0 Å². The number of nitrogens with zero attached hydrogens (tertiary/aromatic N) is 1. The SMILES string of the molecule is CCCC1=C2[C@@H](CC/C(C)=C/c3ccc(O)cc3Cl)OC[C@@H]2[C@@H]2C(=O)N(Cc3cccs3)C(=O)[C@@H]2C1. The lowest BCUT2D eigenvalue weighted by Gasteiger charge is -2.32. The van der Waals surface area contributed by atoms with Crippen LogP contribution in [0.2, 0.25) is 5.02 Å². The number of likely N-dealkylation sites (tertiary alicyclic amines) is 1. The summed E-state index contributed by atoms with van der Waals surface area (Å²) in [5.74, 6) is -0.451. The van der Waals surface area contributed by atoms with Gasteiger partial charge in [-0.05, 0) is 73.4 Å². The van der Waals surface area contributed by atoms with E-state index in [1.54, 1.807) is 23.5 Å². The summed E-state index contributed by atoms with van der Waals surface area (Å²) in [6.07, 6.45) is 6.32. The summed E-state index contributed by atoms with van der Waals surface area (Å²) in [5, 5.41) is 12.1. The molecule has 1 aromatic heterocycles. The minimum absolute atomic E-state index is 0.00378. The van der Waals surface area contributed by atoms with Gasteiger partial charge in [-0.15, -0.1) is 11.3 Å². The Bertz CT molecular complexity index is 1220. The molecule has 1 aliphatic carbocycles. The third-order valence-corrected chi connectivity index (χ3v) is 8.92. The van der Waals surface area contributed by atoms with Crippen molar-refractivity contribution in [1.82, 2.24) is 4.90 Å². The first kappa shape index (κ1) is 25.2. The molecule has 2 saturated heterocycles. The zero-order valence-electron chi connectivity index (χ0n) is 20.7. The number of carbonyl (C=O) groups excluding carboxylic acids is 2. The van der Waals surface area contributed by atoms with Gasteiger partial charge >= 0.3 is 0 Å². The number of rotatable bonds is 8. The molecule has 1 aromatic carbocycles. The number of allylic oxidation sites excluding steroid dienone is 2. The maximum Gasteiger partial charge on any atom is 0.234 e. The number of halogens is 1. The first-order chi connectivity index (χ1) is 17.4. The highest BCUT2D eigenvalue weighted by Crippen LogP contribution is 2.51. The Labute approximate surface area is 221 Å². The highest BCUT2D eigenvalue weighted by Gasteiger charge is 2.56. The smallest absolute Gasteiger partial charge is 0.234 e. The molecule has 3 heterocycles. The predicted octanol–water partition coefficient (Wildman–Crippen LogP) is 6.61. The Hall–Kier alpha value is -2.41. The summed E-state index contributed by atoms with van der Waals surface area (Å²) >= 11 is 7.86. The van der Waals surface area contributed by atoms with Crippen LogP contribution in [0, 0.1) is 17.8 Å². The summed E-state index contributed by atoms with van der Waals surface area (Å²) in [6.45, 7) is 5.13. The minimum atomic E-state index is -0.300. The average molecular weight is 526 g/mol. The van der Waals surface area contributed by atoms with Crippen molar-refractivity contribution in [3.8, 4) is 5.75 Å². The van der Waals surface area contributed by atoms with Crippen molar-refractivity contribution in [3.05, 3.63) is 67.9 Å². The molecule has 1 N–H and O–H groups in total. The van der Waals surface area contributed by atoms with Crippen LogP contribution in [-0.2, 0) is 20.9 Å². The third kappa shape index (κ3) is 4.79. The minimum Gasteiger partial charge on any atom is -0.508 e. The fraction of sp³-hybridized carbons (Fsp3) is 0.448. The largest absolute Gasteiger partial charge is 0.508 e. The quantitative estimate of drug-likeness (QED) is 0.311. The molecule has 2 fully saturated rings. The van der Waals surface area contributed by atoms with Crippen molar-refractivity contribution in [2.75, 3.05) is 6.61 Å². The Kier molecular flexibility index (Phi) is 7.38. The van der Waals surface area contributed by atoms with Gasteiger partial charge in [-0.25, -0.2) is 0 Å². The van der Waals surface area contributed by atoms with Gasteiger partial charge in [-0.2, -0.15) is 0 Å². The van der Waals surface area contributed by atoms with Gasteiger partial charge in [0.05, 0.1) is 36.1 Å². The summed E-state index contributed by atoms with van der Waals surface area (Å²) < 4.78 is 6.33. The molecule has 3 aliphatic rings. The van der Waals surface area contributed by atoms with E-state index in [4.69, 9.17) is 16.3 Å². The third-order valence-electron chi connectivity index (χ3n) is 7.73. The maximum absolute atomic E-state index is 13.5. The lowest BCUT2D eigenvalue weighted by Crippen LogP contribution is -2.34. The molecule has 0 radical (unpaired) electrons. The van der Waals surface area contributed by atoms with E-state index >= 15 is 0 Å². The number of phenolic OH excluding ortho intramolecular Hbond substituents is 1. The van der Waals surface area contributed by atoms with Crippen LogP contribution in [-0.4, -0.2) is 34.5 Å². The normalized spacial score (nSPS) is 26.1. The Balaban J connectivity index is 1.34. The van der Waals surface area contributed by atoms with Crippen LogP contribution >= 0.6 is 22.9 Å². The zero-order valence-corrected chi connectivity index (χ0v) is 22.3. The van der Waals surface area contributed by atoms with Crippen molar-refractivity contribution >= 4 is 40.8 Å². The second-order valence-electron chi connectivity index (χ2n) is 10.2. The number of hydrogen-bond acceptors (Lipinski definition) is 5. The molecular weight excluding hydrogens is 494 g/mol. The number of thiophene rings is 1. The first-order valence-corrected chi connectivity index (χ1v) is 14.0. The van der Waals surface area contributed by atoms with Gasteiger partial charge in [0.15, 0.2) is 0 Å². The van der Waals surface area contributed by atoms with Gasteiger partial charge < -0.3 is 9.84 Å². The van der Waals surface area contributed by atoms with Gasteiger partial charge in [0.25, 0.3) is 0 Å². The number of amides is 2. The fourth-order valence-corrected chi connectivity index (χ4v) is 7.04. The fourth-order valence-electron chi connectivity index (χ4n) is 6.12. The zero-order chi connectivity index (χ0) is 25.4. The number of fused-ring (bicyclic) bond motifs is 3. The lowest BCUT2D eigenvalue weighted by molar-refractivity contribution is -0.140. The van der Waals surface area contributed by atoms with E-state index in [2.05, 4.69) is 13.8 Å². The van der Waals surface area contributed by atoms with E-state index in [1.165, 1.54) is 21.6 Å². The van der Waals surface area contributed by atoms with E-state index in [-0.39, 0.29) is 41.4 Å². The molecule has 36 heavy (non-hydrogen) atoms. The van der Waals surface area contributed by atoms with Gasteiger partial charge in [-0.3, -0.25) is 14.5 Å². The van der Waals surface area contributed by atoms with Gasteiger partial charge in [0.1, 0.15) is 5.75 Å². The highest BCUT2D eigenvalue weighted by atomic mass is 35.5. The van der Waals surface area contributed by atoms with Crippen LogP contribution in [0.25, 0.3) is 6.08 Å². The molecule has 7 heteroatoms. The van der Waals surface area contributed by atoms with Gasteiger partial charge in [0, 0.05) is 10.8 Å². The molecule has 2 aliphatic heterocycles. The topological polar surface area (TPSA) is 66.8 Å². The molecule has 0 saturated carbocycles. The number of carbonyl (C=O) groups is 2. The first-order valence-electron chi connectivity index (χ1n) is 12.7. The number of imide groups is 1. The molecule has 190 valence electrons. The van der Waals surface area contributed by atoms with Crippen molar-refractivity contribution in [2.45, 2.75) is 58.6 Å². The molecule has 2 amide bonds. The van der Waals surface area contributed by atoms with Crippen LogP contribution in [0.1, 0.15) is 56.4 Å². The highest BCUT2D eigenvalue weighted by molar-refractivity contribution is 7.09. The standard InChI is InChI=1S/C29H32ClNO4S/c1-3-5-19-13-22-27(29(34)31(28(22)33)15-21-6-4-11-36-21)23-16-35-25(26(19)23)10-7-17(2)12-18-8-9-20(32)14-24(18)30/h4,6,8-9,11-12,14,22-23,25,27,32H,3,5,7,10,13,15-16H2,1-2H3/b17-12+/t22-,23+,25-,27-/m1/s1. The summed E-state index contributed by atoms with van der Waals surface area (Å²) in [6, 6.07) is 8.94. The van der Waals surface area contributed by atoms with E-state index in [9.17, 15) is 14.7 Å². The van der Waals surface area contributed by atoms with Crippen LogP contribution in [0.5, 0.6) is 5.75 Å². The van der Waals surface area contributed by atoms with E-state index < -0.39 is 0 Å². The van der Waals surface area contributed by atoms with Crippen LogP contribution in [0.15, 0.2) is 52.4 Å². The van der Waals surface area contributed by atoms with E-state index in [0.717, 1.165) is 36.1 Å². The van der Waals surface area contributed by atoms with E-state index in [1.807, 2.05) is 29.7 Å². The van der Waals surface area contributed by atoms with Crippen molar-refractivity contribution < 1.29 is 19.4 Å². The van der Waals surface area contributed by atoms with Crippen LogP contribution < -0.4 is 0 Å². The average Bonchev–Trinajstić information content (AvgIpc) is 3.56. The predicted molar refractivity (Wildman–Crippen MR) is 143 cm³/mol. The second kappa shape index (κ2) is 10.5. The van der Waals surface area contributed by atoms with Crippen molar-refractivity contribution in [2.24, 2.45) is 17.8 Å². The molecular formula is C29H32ClNO4S. The molecule has 0 unspecified atom stereocenters. The number of hydrogen-bond donors (Lipinski definition) is 1. The Morgan fingerprint density at radius 3 is 2.81 bits per heavy atom.